The van der Waals surface area contributed by atoms with Gasteiger partial charge in [0.15, 0.2) is 0 Å². The molecule has 1 aromatic carbocycles. The number of benzene rings is 1. The number of carbonyl (C=O) groups excluding carboxylic acids is 1. The highest BCUT2D eigenvalue weighted by atomic mass is 32.2. The van der Waals surface area contributed by atoms with Crippen LogP contribution in [0.3, 0.4) is 0 Å². The van der Waals surface area contributed by atoms with Crippen molar-refractivity contribution in [1.29, 1.82) is 0 Å². The fraction of sp³-hybridized carbons (Fsp3) is 0.524. The van der Waals surface area contributed by atoms with Gasteiger partial charge in [-0.05, 0) is 44.7 Å². The van der Waals surface area contributed by atoms with Crippen molar-refractivity contribution in [2.24, 2.45) is 5.92 Å². The van der Waals surface area contributed by atoms with Crippen molar-refractivity contribution in [1.82, 2.24) is 18.8 Å². The van der Waals surface area contributed by atoms with Crippen molar-refractivity contribution in [2.75, 3.05) is 26.2 Å². The SMILES string of the molecule is Cc1cncn1C1CCN(C(=O)[C@@H]2CCCN(S(=O)(=O)c3ccccc3)C2)CC1. The van der Waals surface area contributed by atoms with E-state index in [1.54, 1.807) is 30.3 Å². The summed E-state index contributed by atoms with van der Waals surface area (Å²) >= 11 is 0. The first-order chi connectivity index (χ1) is 14.0. The molecule has 3 heterocycles. The standard InChI is InChI=1S/C21H28N4O3S/c1-17-14-22-16-25(17)19-9-12-23(13-10-19)21(26)18-6-5-11-24(15-18)29(27,28)20-7-3-2-4-8-20/h2-4,7-8,14,16,18-19H,5-6,9-13,15H2,1H3/t18-/m1/s1. The second kappa shape index (κ2) is 8.28. The number of amides is 1. The summed E-state index contributed by atoms with van der Waals surface area (Å²) in [6.45, 7) is 4.22. The molecule has 2 aliphatic rings. The van der Waals surface area contributed by atoms with E-state index in [2.05, 4.69) is 9.55 Å². The van der Waals surface area contributed by atoms with E-state index >= 15 is 0 Å². The fourth-order valence-corrected chi connectivity index (χ4v) is 6.02. The number of aryl methyl sites for hydroxylation is 1. The Bertz CT molecular complexity index is 949. The van der Waals surface area contributed by atoms with Crippen molar-refractivity contribution in [3.05, 3.63) is 48.5 Å². The van der Waals surface area contributed by atoms with E-state index in [0.717, 1.165) is 25.0 Å². The minimum Gasteiger partial charge on any atom is -0.342 e. The van der Waals surface area contributed by atoms with Crippen LogP contribution in [0.15, 0.2) is 47.8 Å². The minimum atomic E-state index is -3.55. The highest BCUT2D eigenvalue weighted by molar-refractivity contribution is 7.89. The molecule has 2 aliphatic heterocycles. The molecule has 1 amide bonds. The van der Waals surface area contributed by atoms with Gasteiger partial charge in [0.25, 0.3) is 0 Å². The van der Waals surface area contributed by atoms with Crippen LogP contribution in [0.25, 0.3) is 0 Å². The minimum absolute atomic E-state index is 0.0961. The van der Waals surface area contributed by atoms with Gasteiger partial charge < -0.3 is 9.47 Å². The molecule has 1 aromatic heterocycles. The number of piperidine rings is 2. The molecule has 0 radical (unpaired) electrons. The zero-order chi connectivity index (χ0) is 20.4. The molecule has 2 fully saturated rings. The molecule has 8 heteroatoms. The molecule has 0 N–H and O–H groups in total. The van der Waals surface area contributed by atoms with Gasteiger partial charge in [-0.3, -0.25) is 4.79 Å². The van der Waals surface area contributed by atoms with E-state index < -0.39 is 10.0 Å². The first-order valence-electron chi connectivity index (χ1n) is 10.3. The van der Waals surface area contributed by atoms with E-state index in [4.69, 9.17) is 0 Å². The molecule has 2 saturated heterocycles. The Hall–Kier alpha value is -2.19. The summed E-state index contributed by atoms with van der Waals surface area (Å²) in [7, 11) is -3.55. The number of rotatable bonds is 4. The Morgan fingerprint density at radius 2 is 1.79 bits per heavy atom. The topological polar surface area (TPSA) is 75.5 Å². The monoisotopic (exact) mass is 416 g/mol. The Labute approximate surface area is 172 Å². The van der Waals surface area contributed by atoms with Crippen molar-refractivity contribution >= 4 is 15.9 Å². The lowest BCUT2D eigenvalue weighted by Gasteiger charge is -2.38. The lowest BCUT2D eigenvalue weighted by Crippen LogP contribution is -2.48. The first-order valence-corrected chi connectivity index (χ1v) is 11.7. The molecule has 7 nitrogen and oxygen atoms in total. The second-order valence-corrected chi connectivity index (χ2v) is 9.95. The van der Waals surface area contributed by atoms with E-state index in [1.165, 1.54) is 4.31 Å². The zero-order valence-electron chi connectivity index (χ0n) is 16.8. The molecule has 0 aliphatic carbocycles. The Balaban J connectivity index is 1.39. The second-order valence-electron chi connectivity index (χ2n) is 8.01. The first kappa shape index (κ1) is 20.1. The number of carbonyl (C=O) groups is 1. The molecule has 0 unspecified atom stereocenters. The number of nitrogens with zero attached hydrogens (tertiary/aromatic N) is 4. The zero-order valence-corrected chi connectivity index (χ0v) is 17.6. The number of imidazole rings is 1. The van der Waals surface area contributed by atoms with Crippen molar-refractivity contribution in [3.8, 4) is 0 Å². The maximum absolute atomic E-state index is 13.1. The van der Waals surface area contributed by atoms with Gasteiger partial charge >= 0.3 is 0 Å². The average molecular weight is 417 g/mol. The van der Waals surface area contributed by atoms with Crippen LogP contribution in [0.2, 0.25) is 0 Å². The third kappa shape index (κ3) is 4.09. The number of hydrogen-bond donors (Lipinski definition) is 0. The van der Waals surface area contributed by atoms with Crippen LogP contribution < -0.4 is 0 Å². The van der Waals surface area contributed by atoms with Gasteiger partial charge in [-0.2, -0.15) is 4.31 Å². The van der Waals surface area contributed by atoms with E-state index in [-0.39, 0.29) is 18.4 Å². The molecule has 4 rings (SSSR count). The summed E-state index contributed by atoms with van der Waals surface area (Å²) in [5.41, 5.74) is 1.14. The van der Waals surface area contributed by atoms with Crippen molar-refractivity contribution in [3.63, 3.8) is 0 Å². The molecule has 0 saturated carbocycles. The van der Waals surface area contributed by atoms with E-state index in [9.17, 15) is 13.2 Å². The number of hydrogen-bond acceptors (Lipinski definition) is 4. The van der Waals surface area contributed by atoms with Gasteiger partial charge in [0.1, 0.15) is 0 Å². The molecule has 0 bridgehead atoms. The summed E-state index contributed by atoms with van der Waals surface area (Å²) in [6.07, 6.45) is 7.00. The summed E-state index contributed by atoms with van der Waals surface area (Å²) in [4.78, 5) is 19.5. The lowest BCUT2D eigenvalue weighted by molar-refractivity contribution is -0.138. The maximum Gasteiger partial charge on any atom is 0.243 e. The highest BCUT2D eigenvalue weighted by Crippen LogP contribution is 2.28. The quantitative estimate of drug-likeness (QED) is 0.767. The predicted octanol–water partition coefficient (Wildman–Crippen LogP) is 2.46. The van der Waals surface area contributed by atoms with Crippen LogP contribution in [0, 0.1) is 12.8 Å². The molecule has 0 spiro atoms. The summed E-state index contributed by atoms with van der Waals surface area (Å²) < 4.78 is 29.5. The van der Waals surface area contributed by atoms with Gasteiger partial charge in [0.2, 0.25) is 15.9 Å². The summed E-state index contributed by atoms with van der Waals surface area (Å²) in [5.74, 6) is -0.160. The van der Waals surface area contributed by atoms with Gasteiger partial charge in [-0.1, -0.05) is 18.2 Å². The largest absolute Gasteiger partial charge is 0.342 e. The maximum atomic E-state index is 13.1. The van der Waals surface area contributed by atoms with Crippen LogP contribution in [0.4, 0.5) is 0 Å². The van der Waals surface area contributed by atoms with Gasteiger partial charge in [0, 0.05) is 44.1 Å². The van der Waals surface area contributed by atoms with E-state index in [0.29, 0.717) is 37.0 Å². The number of aromatic nitrogens is 2. The number of sulfonamides is 1. The van der Waals surface area contributed by atoms with Crippen molar-refractivity contribution in [2.45, 2.75) is 43.5 Å². The van der Waals surface area contributed by atoms with E-state index in [1.807, 2.05) is 24.3 Å². The Morgan fingerprint density at radius 3 is 2.45 bits per heavy atom. The van der Waals surface area contributed by atoms with Crippen LogP contribution in [0.1, 0.15) is 37.4 Å². The Kier molecular flexibility index (Phi) is 5.74. The van der Waals surface area contributed by atoms with Crippen LogP contribution in [-0.2, 0) is 14.8 Å². The lowest BCUT2D eigenvalue weighted by atomic mass is 9.96. The van der Waals surface area contributed by atoms with Gasteiger partial charge in [-0.25, -0.2) is 13.4 Å². The van der Waals surface area contributed by atoms with Crippen LogP contribution >= 0.6 is 0 Å². The van der Waals surface area contributed by atoms with Crippen LogP contribution in [0.5, 0.6) is 0 Å². The Morgan fingerprint density at radius 1 is 1.07 bits per heavy atom. The smallest absolute Gasteiger partial charge is 0.243 e. The number of likely N-dealkylation sites (tertiary alicyclic amines) is 1. The average Bonchev–Trinajstić information content (AvgIpc) is 3.20. The van der Waals surface area contributed by atoms with Crippen LogP contribution in [-0.4, -0.2) is 59.3 Å². The van der Waals surface area contributed by atoms with Gasteiger partial charge in [-0.15, -0.1) is 0 Å². The molecule has 156 valence electrons. The normalized spacial score (nSPS) is 22.0. The predicted molar refractivity (Wildman–Crippen MR) is 110 cm³/mol. The van der Waals surface area contributed by atoms with Crippen molar-refractivity contribution < 1.29 is 13.2 Å². The fourth-order valence-electron chi connectivity index (χ4n) is 4.48. The third-order valence-corrected chi connectivity index (χ3v) is 8.02. The molecular formula is C21H28N4O3S. The third-order valence-electron chi connectivity index (χ3n) is 6.14. The molecule has 29 heavy (non-hydrogen) atoms. The summed E-state index contributed by atoms with van der Waals surface area (Å²) in [6, 6.07) is 8.86. The molecular weight excluding hydrogens is 388 g/mol. The molecule has 2 aromatic rings. The highest BCUT2D eigenvalue weighted by Gasteiger charge is 2.36. The molecule has 1 atom stereocenters. The van der Waals surface area contributed by atoms with Gasteiger partial charge in [0.05, 0.1) is 17.1 Å². The summed E-state index contributed by atoms with van der Waals surface area (Å²) in [5, 5.41) is 0.